The van der Waals surface area contributed by atoms with Crippen LogP contribution in [0.4, 0.5) is 0 Å². The van der Waals surface area contributed by atoms with E-state index in [0.29, 0.717) is 85.0 Å². The summed E-state index contributed by atoms with van der Waals surface area (Å²) in [5.41, 5.74) is 10.2. The summed E-state index contributed by atoms with van der Waals surface area (Å²) < 4.78 is 2.15. The minimum absolute atomic E-state index is 0.140. The number of rotatable bonds is 12. The first-order valence-corrected chi connectivity index (χ1v) is 19.4. The van der Waals surface area contributed by atoms with E-state index in [1.165, 1.54) is 0 Å². The molecule has 6 N–H and O–H groups in total. The van der Waals surface area contributed by atoms with Crippen LogP contribution < -0.4 is 0 Å². The third kappa shape index (κ3) is 7.57. The minimum atomic E-state index is -0.978. The molecular formula is C36H34Br4N4O8. The van der Waals surface area contributed by atoms with E-state index in [2.05, 4.69) is 73.7 Å². The van der Waals surface area contributed by atoms with Gasteiger partial charge < -0.3 is 30.4 Å². The Morgan fingerprint density at radius 1 is 0.481 bits per heavy atom. The first-order chi connectivity index (χ1) is 24.4. The normalized spacial score (nSPS) is 12.9. The molecule has 274 valence electrons. The van der Waals surface area contributed by atoms with E-state index in [4.69, 9.17) is 9.97 Å². The molecule has 0 amide bonds. The van der Waals surface area contributed by atoms with Gasteiger partial charge in [0, 0.05) is 25.7 Å². The Morgan fingerprint density at radius 2 is 0.808 bits per heavy atom. The molecule has 16 heteroatoms. The average Bonchev–Trinajstić information content (AvgIpc) is 3.79. The number of fused-ring (bicyclic) bond motifs is 8. The summed E-state index contributed by atoms with van der Waals surface area (Å²) in [5.74, 6) is -3.89. The fraction of sp³-hybridized carbons (Fsp3) is 0.333. The van der Waals surface area contributed by atoms with Gasteiger partial charge in [-0.25, -0.2) is 9.97 Å². The quantitative estimate of drug-likeness (QED) is 0.101. The molecule has 0 fully saturated rings. The number of aryl methyl sites for hydroxylation is 4. The number of allylic oxidation sites excluding steroid dienone is 4. The zero-order valence-corrected chi connectivity index (χ0v) is 34.8. The molecule has 8 bridgehead atoms. The van der Waals surface area contributed by atoms with Gasteiger partial charge in [0.2, 0.25) is 0 Å². The van der Waals surface area contributed by atoms with Crippen LogP contribution in [0.2, 0.25) is 0 Å². The van der Waals surface area contributed by atoms with Gasteiger partial charge in [-0.3, -0.25) is 19.2 Å². The summed E-state index contributed by atoms with van der Waals surface area (Å²) in [6, 6.07) is 0. The van der Waals surface area contributed by atoms with Gasteiger partial charge in [0.1, 0.15) is 0 Å². The Morgan fingerprint density at radius 3 is 1.23 bits per heavy atom. The van der Waals surface area contributed by atoms with E-state index in [1.807, 2.05) is 27.7 Å². The molecule has 0 aliphatic carbocycles. The first-order valence-electron chi connectivity index (χ1n) is 16.2. The van der Waals surface area contributed by atoms with Gasteiger partial charge in [0.05, 0.1) is 62.7 Å². The van der Waals surface area contributed by atoms with Crippen molar-refractivity contribution in [3.8, 4) is 0 Å². The maximum Gasteiger partial charge on any atom is 0.303 e. The number of aromatic amines is 2. The van der Waals surface area contributed by atoms with Crippen LogP contribution in [0.3, 0.4) is 0 Å². The number of nitrogens with zero attached hydrogens (tertiary/aromatic N) is 2. The Bertz CT molecular complexity index is 2320. The number of halogens is 4. The lowest BCUT2D eigenvalue weighted by molar-refractivity contribution is -0.138. The Labute approximate surface area is 331 Å². The second-order valence-corrected chi connectivity index (χ2v) is 15.8. The van der Waals surface area contributed by atoms with Crippen molar-refractivity contribution in [1.29, 1.82) is 0 Å². The number of hydrogen-bond donors (Lipinski definition) is 6. The number of carboxylic acid groups (broad SMARTS) is 4. The number of hydrogen-bond acceptors (Lipinski definition) is 6. The topological polar surface area (TPSA) is 207 Å². The molecule has 2 aliphatic rings. The number of nitrogens with one attached hydrogen (secondary N) is 2. The standard InChI is InChI=1S/C36H34Br4N4O8/c1-13-17(5-9-21(45)46)33-26(38)30-15(3)19(7-11-23(49)50)35(43-30)28(40)32-16(4)20(8-12-24(51)52)36(44-32)27(39)31-14(2)18(6-10-22(47)48)34(42-31)25(37)29(13)41-33/h41-42H,5-12H2,1-4H3,(H,45,46)(H,47,48)(H,49,50)(H,51,52). The number of carboxylic acids is 4. The Hall–Kier alpha value is -3.60. The molecular weight excluding hydrogens is 936 g/mol. The fourth-order valence-corrected chi connectivity index (χ4v) is 9.57. The highest BCUT2D eigenvalue weighted by Crippen LogP contribution is 2.46. The van der Waals surface area contributed by atoms with Crippen LogP contribution in [0, 0.1) is 13.8 Å². The van der Waals surface area contributed by atoms with Crippen LogP contribution >= 0.6 is 63.7 Å². The molecule has 0 aromatic carbocycles. The van der Waals surface area contributed by atoms with Crippen LogP contribution in [0.5, 0.6) is 0 Å². The zero-order chi connectivity index (χ0) is 38.3. The maximum atomic E-state index is 11.8. The van der Waals surface area contributed by atoms with E-state index in [0.717, 1.165) is 22.3 Å². The highest BCUT2D eigenvalue weighted by Gasteiger charge is 2.29. The summed E-state index contributed by atoms with van der Waals surface area (Å²) in [4.78, 5) is 64.2. The van der Waals surface area contributed by atoms with Gasteiger partial charge in [-0.15, -0.1) is 0 Å². The predicted octanol–water partition coefficient (Wildman–Crippen LogP) is 9.61. The highest BCUT2D eigenvalue weighted by atomic mass is 79.9. The molecule has 0 radical (unpaired) electrons. The lowest BCUT2D eigenvalue weighted by Gasteiger charge is -2.07. The van der Waals surface area contributed by atoms with Crippen molar-refractivity contribution >= 4 is 132 Å². The fourth-order valence-electron chi connectivity index (χ4n) is 6.68. The Balaban J connectivity index is 2.07. The highest BCUT2D eigenvalue weighted by molar-refractivity contribution is 9.11. The molecule has 0 spiro atoms. The number of aromatic nitrogens is 4. The molecule has 3 aromatic rings. The molecule has 12 nitrogen and oxygen atoms in total. The molecule has 0 saturated heterocycles. The first kappa shape index (κ1) is 39.6. The van der Waals surface area contributed by atoms with E-state index in [9.17, 15) is 39.6 Å². The molecule has 52 heavy (non-hydrogen) atoms. The third-order valence-corrected chi connectivity index (χ3v) is 12.5. The summed E-state index contributed by atoms with van der Waals surface area (Å²) >= 11 is 15.1. The monoisotopic (exact) mass is 966 g/mol. The lowest BCUT2D eigenvalue weighted by atomic mass is 9.98. The molecule has 0 saturated carbocycles. The maximum absolute atomic E-state index is 11.8. The predicted molar refractivity (Wildman–Crippen MR) is 212 cm³/mol. The van der Waals surface area contributed by atoms with Crippen LogP contribution in [0.15, 0.2) is 17.9 Å². The van der Waals surface area contributed by atoms with Crippen molar-refractivity contribution in [2.24, 2.45) is 0 Å². The van der Waals surface area contributed by atoms with Gasteiger partial charge in [0.25, 0.3) is 0 Å². The van der Waals surface area contributed by atoms with Crippen molar-refractivity contribution in [1.82, 2.24) is 19.9 Å². The lowest BCUT2D eigenvalue weighted by Crippen LogP contribution is -1.98. The number of aliphatic carboxylic acids is 4. The summed E-state index contributed by atoms with van der Waals surface area (Å²) in [5, 5.41) is 38.6. The molecule has 3 aromatic heterocycles. The van der Waals surface area contributed by atoms with Crippen molar-refractivity contribution in [2.75, 3.05) is 0 Å². The second kappa shape index (κ2) is 15.8. The van der Waals surface area contributed by atoms with Gasteiger partial charge in [-0.05, 0) is 162 Å². The molecule has 0 unspecified atom stereocenters. The zero-order valence-electron chi connectivity index (χ0n) is 28.5. The number of carbonyl (C=O) groups is 4. The van der Waals surface area contributed by atoms with Crippen LogP contribution in [0.25, 0.3) is 44.4 Å². The van der Waals surface area contributed by atoms with Crippen molar-refractivity contribution in [2.45, 2.75) is 79.1 Å². The van der Waals surface area contributed by atoms with E-state index in [-0.39, 0.29) is 51.4 Å². The van der Waals surface area contributed by atoms with E-state index < -0.39 is 23.9 Å². The summed E-state index contributed by atoms with van der Waals surface area (Å²) in [6.07, 6.45) is 0.118. The molecule has 2 aliphatic heterocycles. The van der Waals surface area contributed by atoms with E-state index >= 15 is 0 Å². The third-order valence-electron chi connectivity index (χ3n) is 9.46. The molecule has 0 atom stereocenters. The van der Waals surface area contributed by atoms with Gasteiger partial charge in [-0.1, -0.05) is 0 Å². The van der Waals surface area contributed by atoms with Gasteiger partial charge in [0.15, 0.2) is 0 Å². The molecule has 5 heterocycles. The van der Waals surface area contributed by atoms with Crippen LogP contribution in [-0.2, 0) is 32.0 Å². The smallest absolute Gasteiger partial charge is 0.303 e. The Kier molecular flexibility index (Phi) is 12.0. The summed E-state index contributed by atoms with van der Waals surface area (Å²) in [7, 11) is 0. The van der Waals surface area contributed by atoms with Crippen molar-refractivity contribution < 1.29 is 39.6 Å². The summed E-state index contributed by atoms with van der Waals surface area (Å²) in [6.45, 7) is 7.46. The van der Waals surface area contributed by atoms with E-state index in [1.54, 1.807) is 0 Å². The van der Waals surface area contributed by atoms with Crippen molar-refractivity contribution in [3.05, 3.63) is 62.9 Å². The van der Waals surface area contributed by atoms with Crippen LogP contribution in [0.1, 0.15) is 97.4 Å². The van der Waals surface area contributed by atoms with Gasteiger partial charge >= 0.3 is 23.9 Å². The van der Waals surface area contributed by atoms with Crippen LogP contribution in [-0.4, -0.2) is 64.2 Å². The minimum Gasteiger partial charge on any atom is -0.481 e. The van der Waals surface area contributed by atoms with Gasteiger partial charge in [-0.2, -0.15) is 0 Å². The largest absolute Gasteiger partial charge is 0.481 e. The molecule has 5 rings (SSSR count). The number of H-pyrrole nitrogens is 2. The second-order valence-electron chi connectivity index (χ2n) is 12.6. The van der Waals surface area contributed by atoms with Crippen molar-refractivity contribution in [3.63, 3.8) is 0 Å². The average molecular weight is 970 g/mol. The SMILES string of the molecule is CC1=C(CCC(=O)O)c2nc1c(Br)c1nc(c(Br)c3[nH]c(c(C)c3CCC(=O)O)c(Br)c3[nH]c(c(C)c3CCC(=O)O)c2Br)C(C)=C1CCC(=O)O.